The van der Waals surface area contributed by atoms with E-state index in [2.05, 4.69) is 20.2 Å². The normalized spacial score (nSPS) is 11.7. The summed E-state index contributed by atoms with van der Waals surface area (Å²) in [5.74, 6) is -0.322. The number of carbonyl (C=O) groups excluding carboxylic acids is 1. The maximum absolute atomic E-state index is 12.3. The van der Waals surface area contributed by atoms with E-state index in [1.165, 1.54) is 12.4 Å². The van der Waals surface area contributed by atoms with Gasteiger partial charge in [0.15, 0.2) is 10.8 Å². The van der Waals surface area contributed by atoms with Crippen LogP contribution in [0.2, 0.25) is 0 Å². The number of carbonyl (C=O) groups is 1. The first-order valence-corrected chi connectivity index (χ1v) is 9.44. The number of benzene rings is 1. The molecule has 0 aliphatic heterocycles. The topological polar surface area (TPSA) is 118 Å². The van der Waals surface area contributed by atoms with Crippen LogP contribution in [0.3, 0.4) is 0 Å². The SMILES string of the molecule is Cc1nc(-c2ncn[nH]2)sc1C(=O)NS(=O)(=O)C=Cc1ccccc1. The monoisotopic (exact) mass is 375 g/mol. The van der Waals surface area contributed by atoms with Gasteiger partial charge in [0, 0.05) is 0 Å². The molecule has 0 atom stereocenters. The molecule has 3 aromatic rings. The second-order valence-corrected chi connectivity index (χ2v) is 7.52. The molecule has 0 unspecified atom stereocenters. The Labute approximate surface area is 147 Å². The molecule has 0 bridgehead atoms. The summed E-state index contributed by atoms with van der Waals surface area (Å²) in [6.07, 6.45) is 2.74. The van der Waals surface area contributed by atoms with Crippen molar-refractivity contribution >= 4 is 33.3 Å². The Hall–Kier alpha value is -2.85. The van der Waals surface area contributed by atoms with E-state index in [0.717, 1.165) is 16.7 Å². The quantitative estimate of drug-likeness (QED) is 0.704. The van der Waals surface area contributed by atoms with Crippen molar-refractivity contribution in [1.82, 2.24) is 24.9 Å². The van der Waals surface area contributed by atoms with Crippen LogP contribution >= 0.6 is 11.3 Å². The van der Waals surface area contributed by atoms with Gasteiger partial charge in [-0.3, -0.25) is 9.89 Å². The number of nitrogens with one attached hydrogen (secondary N) is 2. The van der Waals surface area contributed by atoms with Crippen LogP contribution in [-0.4, -0.2) is 34.5 Å². The summed E-state index contributed by atoms with van der Waals surface area (Å²) in [6, 6.07) is 8.91. The standard InChI is InChI=1S/C15H13N5O3S2/c1-10-12(24-15(18-10)13-16-9-17-19-13)14(21)20-25(22,23)8-7-11-5-3-2-4-6-11/h2-9H,1H3,(H,20,21)(H,16,17,19). The van der Waals surface area contributed by atoms with Gasteiger partial charge in [-0.2, -0.15) is 5.10 Å². The lowest BCUT2D eigenvalue weighted by Crippen LogP contribution is -2.28. The van der Waals surface area contributed by atoms with Gasteiger partial charge in [-0.05, 0) is 18.6 Å². The number of sulfonamides is 1. The molecule has 2 heterocycles. The molecular formula is C15H13N5O3S2. The molecule has 0 aliphatic rings. The molecule has 0 radical (unpaired) electrons. The Balaban J connectivity index is 1.76. The molecule has 2 aromatic heterocycles. The van der Waals surface area contributed by atoms with Gasteiger partial charge in [-0.25, -0.2) is 23.1 Å². The van der Waals surface area contributed by atoms with E-state index in [1.807, 2.05) is 10.8 Å². The Morgan fingerprint density at radius 2 is 2.04 bits per heavy atom. The minimum atomic E-state index is -3.93. The van der Waals surface area contributed by atoms with Crippen molar-refractivity contribution in [2.45, 2.75) is 6.92 Å². The van der Waals surface area contributed by atoms with Crippen LogP contribution in [0, 0.1) is 6.92 Å². The first-order valence-electron chi connectivity index (χ1n) is 7.08. The number of amides is 1. The third-order valence-electron chi connectivity index (χ3n) is 3.09. The Bertz CT molecular complexity index is 1010. The van der Waals surface area contributed by atoms with Crippen LogP contribution in [0.15, 0.2) is 42.1 Å². The zero-order valence-corrected chi connectivity index (χ0v) is 14.6. The Kier molecular flexibility index (Phi) is 4.72. The number of hydrogen-bond acceptors (Lipinski definition) is 7. The Morgan fingerprint density at radius 1 is 1.28 bits per heavy atom. The summed E-state index contributed by atoms with van der Waals surface area (Å²) in [5, 5.41) is 7.77. The van der Waals surface area contributed by atoms with E-state index >= 15 is 0 Å². The molecule has 128 valence electrons. The number of aromatic amines is 1. The molecule has 0 fully saturated rings. The number of hydrogen-bond donors (Lipinski definition) is 2. The summed E-state index contributed by atoms with van der Waals surface area (Å²) in [7, 11) is -3.93. The highest BCUT2D eigenvalue weighted by Gasteiger charge is 2.20. The molecule has 3 rings (SSSR count). The number of aromatic nitrogens is 4. The van der Waals surface area contributed by atoms with Gasteiger partial charge in [0.05, 0.1) is 11.1 Å². The molecule has 0 saturated carbocycles. The average Bonchev–Trinajstić information content (AvgIpc) is 3.23. The zero-order valence-electron chi connectivity index (χ0n) is 13.0. The van der Waals surface area contributed by atoms with E-state index in [-0.39, 0.29) is 4.88 Å². The molecule has 2 N–H and O–H groups in total. The van der Waals surface area contributed by atoms with Gasteiger partial charge in [0.1, 0.15) is 11.2 Å². The average molecular weight is 375 g/mol. The summed E-state index contributed by atoms with van der Waals surface area (Å²) >= 11 is 1.04. The number of rotatable bonds is 5. The lowest BCUT2D eigenvalue weighted by molar-refractivity contribution is 0.0985. The van der Waals surface area contributed by atoms with E-state index in [0.29, 0.717) is 22.1 Å². The predicted molar refractivity (Wildman–Crippen MR) is 94.1 cm³/mol. The second kappa shape index (κ2) is 6.95. The first-order chi connectivity index (χ1) is 11.9. The molecule has 1 amide bonds. The number of thiazole rings is 1. The second-order valence-electron chi connectivity index (χ2n) is 4.96. The molecule has 0 spiro atoms. The van der Waals surface area contributed by atoms with E-state index in [4.69, 9.17) is 0 Å². The van der Waals surface area contributed by atoms with E-state index in [1.54, 1.807) is 31.2 Å². The number of H-pyrrole nitrogens is 1. The third-order valence-corrected chi connectivity index (χ3v) is 5.22. The lowest BCUT2D eigenvalue weighted by Gasteiger charge is -2.01. The fourth-order valence-corrected chi connectivity index (χ4v) is 3.70. The zero-order chi connectivity index (χ0) is 17.9. The minimum Gasteiger partial charge on any atom is -0.267 e. The summed E-state index contributed by atoms with van der Waals surface area (Å²) < 4.78 is 26.2. The van der Waals surface area contributed by atoms with Gasteiger partial charge in [-0.15, -0.1) is 11.3 Å². The van der Waals surface area contributed by atoms with E-state index in [9.17, 15) is 13.2 Å². The van der Waals surface area contributed by atoms with Crippen LogP contribution in [-0.2, 0) is 10.0 Å². The fraction of sp³-hybridized carbons (Fsp3) is 0.0667. The molecular weight excluding hydrogens is 362 g/mol. The summed E-state index contributed by atoms with van der Waals surface area (Å²) in [6.45, 7) is 1.62. The Morgan fingerprint density at radius 3 is 2.72 bits per heavy atom. The van der Waals surface area contributed by atoms with Gasteiger partial charge in [0.2, 0.25) is 0 Å². The molecule has 0 aliphatic carbocycles. The van der Waals surface area contributed by atoms with Crippen molar-refractivity contribution in [3.05, 3.63) is 58.2 Å². The number of aryl methyl sites for hydroxylation is 1. The van der Waals surface area contributed by atoms with E-state index < -0.39 is 15.9 Å². The van der Waals surface area contributed by atoms with Crippen LogP contribution < -0.4 is 4.72 Å². The predicted octanol–water partition coefficient (Wildman–Crippen LogP) is 1.97. The largest absolute Gasteiger partial charge is 0.276 e. The minimum absolute atomic E-state index is 0.197. The van der Waals surface area contributed by atoms with Crippen LogP contribution in [0.4, 0.5) is 0 Å². The molecule has 8 nitrogen and oxygen atoms in total. The van der Waals surface area contributed by atoms with Gasteiger partial charge in [0.25, 0.3) is 15.9 Å². The van der Waals surface area contributed by atoms with Crippen LogP contribution in [0.1, 0.15) is 20.9 Å². The highest BCUT2D eigenvalue weighted by Crippen LogP contribution is 2.25. The van der Waals surface area contributed by atoms with Crippen LogP contribution in [0.25, 0.3) is 16.9 Å². The number of nitrogens with zero attached hydrogens (tertiary/aromatic N) is 3. The first kappa shape index (κ1) is 17.0. The highest BCUT2D eigenvalue weighted by molar-refractivity contribution is 7.93. The van der Waals surface area contributed by atoms with Gasteiger partial charge < -0.3 is 0 Å². The lowest BCUT2D eigenvalue weighted by atomic mass is 10.2. The summed E-state index contributed by atoms with van der Waals surface area (Å²) in [5.41, 5.74) is 1.12. The molecule has 10 heteroatoms. The smallest absolute Gasteiger partial charge is 0.267 e. The van der Waals surface area contributed by atoms with Crippen LogP contribution in [0.5, 0.6) is 0 Å². The van der Waals surface area contributed by atoms with Crippen molar-refractivity contribution in [3.63, 3.8) is 0 Å². The highest BCUT2D eigenvalue weighted by atomic mass is 32.2. The molecule has 25 heavy (non-hydrogen) atoms. The van der Waals surface area contributed by atoms with Crippen molar-refractivity contribution in [3.8, 4) is 10.8 Å². The van der Waals surface area contributed by atoms with Gasteiger partial charge >= 0.3 is 0 Å². The van der Waals surface area contributed by atoms with Gasteiger partial charge in [-0.1, -0.05) is 30.3 Å². The van der Waals surface area contributed by atoms with Crippen molar-refractivity contribution in [1.29, 1.82) is 0 Å². The van der Waals surface area contributed by atoms with Crippen molar-refractivity contribution in [2.24, 2.45) is 0 Å². The maximum atomic E-state index is 12.3. The molecule has 1 aromatic carbocycles. The third kappa shape index (κ3) is 4.17. The maximum Gasteiger partial charge on any atom is 0.276 e. The van der Waals surface area contributed by atoms with Crippen molar-refractivity contribution < 1.29 is 13.2 Å². The fourth-order valence-electron chi connectivity index (χ4n) is 1.96. The summed E-state index contributed by atoms with van der Waals surface area (Å²) in [4.78, 5) is 20.6. The molecule has 0 saturated heterocycles. The van der Waals surface area contributed by atoms with Crippen molar-refractivity contribution in [2.75, 3.05) is 0 Å².